The first-order valence-corrected chi connectivity index (χ1v) is 9.09. The average Bonchev–Trinajstić information content (AvgIpc) is 3.08. The Bertz CT molecular complexity index is 927. The van der Waals surface area contributed by atoms with E-state index < -0.39 is 0 Å². The summed E-state index contributed by atoms with van der Waals surface area (Å²) in [4.78, 5) is 17.7. The third kappa shape index (κ3) is 3.67. The fourth-order valence-electron chi connectivity index (χ4n) is 2.10. The van der Waals surface area contributed by atoms with E-state index in [-0.39, 0.29) is 5.91 Å². The number of carbonyl (C=O) groups is 1. The minimum absolute atomic E-state index is 0.300. The van der Waals surface area contributed by atoms with Crippen LogP contribution in [0.25, 0.3) is 10.2 Å². The van der Waals surface area contributed by atoms with Crippen LogP contribution in [-0.4, -0.2) is 24.2 Å². The molecule has 8 heteroatoms. The maximum atomic E-state index is 12.3. The van der Waals surface area contributed by atoms with Crippen LogP contribution in [-0.2, 0) is 11.3 Å². The van der Waals surface area contributed by atoms with Gasteiger partial charge in [-0.2, -0.15) is 4.99 Å². The number of amides is 1. The average molecular weight is 387 g/mol. The molecule has 0 spiro atoms. The van der Waals surface area contributed by atoms with Crippen molar-refractivity contribution in [2.45, 2.75) is 6.54 Å². The lowest BCUT2D eigenvalue weighted by Crippen LogP contribution is -2.19. The van der Waals surface area contributed by atoms with Gasteiger partial charge < -0.3 is 9.30 Å². The molecule has 0 N–H and O–H groups in total. The molecule has 0 atom stereocenters. The fourth-order valence-corrected chi connectivity index (χ4v) is 4.36. The van der Waals surface area contributed by atoms with E-state index in [2.05, 4.69) is 4.99 Å². The Kier molecular flexibility index (Phi) is 5.18. The number of aromatic nitrogens is 1. The number of hydrogen-bond donors (Lipinski definition) is 0. The molecule has 0 aliphatic heterocycles. The van der Waals surface area contributed by atoms with Crippen molar-refractivity contribution in [1.29, 1.82) is 0 Å². The number of methoxy groups -OCH3 is 1. The van der Waals surface area contributed by atoms with Crippen molar-refractivity contribution in [1.82, 2.24) is 4.57 Å². The zero-order valence-corrected chi connectivity index (χ0v) is 15.2. The summed E-state index contributed by atoms with van der Waals surface area (Å²) in [6, 6.07) is 9.00. The van der Waals surface area contributed by atoms with E-state index in [1.807, 2.05) is 22.8 Å². The highest BCUT2D eigenvalue weighted by atomic mass is 35.5. The van der Waals surface area contributed by atoms with Crippen molar-refractivity contribution in [3.63, 3.8) is 0 Å². The summed E-state index contributed by atoms with van der Waals surface area (Å²) in [5.41, 5.74) is 0.979. The van der Waals surface area contributed by atoms with Crippen LogP contribution >= 0.6 is 45.9 Å². The molecule has 1 aromatic carbocycles. The Morgan fingerprint density at radius 3 is 2.78 bits per heavy atom. The van der Waals surface area contributed by atoms with Crippen LogP contribution in [0.1, 0.15) is 9.67 Å². The summed E-state index contributed by atoms with van der Waals surface area (Å²) < 4.78 is 8.66. The standard InChI is InChI=1S/C15H12Cl2N2O2S2/c1-21-7-6-19-10-3-2-9(16)8-12(10)23-15(19)18-14(20)11-4-5-13(17)22-11/h2-5,8H,6-7H2,1H3. The first-order chi connectivity index (χ1) is 11.1. The van der Waals surface area contributed by atoms with Crippen molar-refractivity contribution < 1.29 is 9.53 Å². The summed E-state index contributed by atoms with van der Waals surface area (Å²) in [5.74, 6) is -0.300. The number of thiazole rings is 1. The molecule has 0 aliphatic rings. The van der Waals surface area contributed by atoms with Gasteiger partial charge in [0.15, 0.2) is 4.80 Å². The van der Waals surface area contributed by atoms with Crippen LogP contribution < -0.4 is 4.80 Å². The molecule has 23 heavy (non-hydrogen) atoms. The third-order valence-electron chi connectivity index (χ3n) is 3.14. The number of carbonyl (C=O) groups excluding carboxylic acids is 1. The predicted molar refractivity (Wildman–Crippen MR) is 95.9 cm³/mol. The SMILES string of the molecule is COCCn1c(=NC(=O)c2ccc(Cl)s2)sc2cc(Cl)ccc21. The molecule has 0 unspecified atom stereocenters. The summed E-state index contributed by atoms with van der Waals surface area (Å²) in [6.45, 7) is 1.14. The second-order valence-corrected chi connectivity index (χ2v) is 7.82. The van der Waals surface area contributed by atoms with Crippen LogP contribution in [0.2, 0.25) is 9.36 Å². The lowest BCUT2D eigenvalue weighted by molar-refractivity contribution is 0.100. The Morgan fingerprint density at radius 2 is 2.09 bits per heavy atom. The second kappa shape index (κ2) is 7.15. The number of nitrogens with zero attached hydrogens (tertiary/aromatic N) is 2. The fraction of sp³-hybridized carbons (Fsp3) is 0.200. The Morgan fingerprint density at radius 1 is 1.26 bits per heavy atom. The number of benzene rings is 1. The van der Waals surface area contributed by atoms with Crippen LogP contribution in [0.15, 0.2) is 35.3 Å². The maximum Gasteiger partial charge on any atom is 0.289 e. The number of thiophene rings is 1. The van der Waals surface area contributed by atoms with Gasteiger partial charge in [-0.3, -0.25) is 4.79 Å². The lowest BCUT2D eigenvalue weighted by Gasteiger charge is -2.04. The Hall–Kier alpha value is -1.18. The van der Waals surface area contributed by atoms with Gasteiger partial charge in [0, 0.05) is 18.7 Å². The van der Waals surface area contributed by atoms with E-state index in [1.165, 1.54) is 22.7 Å². The molecule has 0 saturated carbocycles. The molecule has 0 aliphatic carbocycles. The number of fused-ring (bicyclic) bond motifs is 1. The molecule has 120 valence electrons. The molecule has 3 aromatic rings. The van der Waals surface area contributed by atoms with E-state index in [0.29, 0.717) is 32.2 Å². The summed E-state index contributed by atoms with van der Waals surface area (Å²) in [7, 11) is 1.64. The zero-order valence-electron chi connectivity index (χ0n) is 12.1. The van der Waals surface area contributed by atoms with Gasteiger partial charge in [0.2, 0.25) is 0 Å². The Labute approximate surface area is 150 Å². The number of rotatable bonds is 4. The number of ether oxygens (including phenoxy) is 1. The molecule has 2 heterocycles. The predicted octanol–water partition coefficient (Wildman–Crippen LogP) is 4.46. The molecule has 2 aromatic heterocycles. The van der Waals surface area contributed by atoms with Gasteiger partial charge in [0.1, 0.15) is 0 Å². The minimum atomic E-state index is -0.300. The Balaban J connectivity index is 2.11. The van der Waals surface area contributed by atoms with Crippen LogP contribution in [0, 0.1) is 0 Å². The third-order valence-corrected chi connectivity index (χ3v) is 5.64. The first kappa shape index (κ1) is 16.7. The molecule has 4 nitrogen and oxygen atoms in total. The second-order valence-electron chi connectivity index (χ2n) is 4.66. The van der Waals surface area contributed by atoms with Crippen molar-refractivity contribution in [2.75, 3.05) is 13.7 Å². The molecule has 0 saturated heterocycles. The van der Waals surface area contributed by atoms with E-state index in [0.717, 1.165) is 10.2 Å². The minimum Gasteiger partial charge on any atom is -0.383 e. The van der Waals surface area contributed by atoms with E-state index in [1.54, 1.807) is 19.2 Å². The monoisotopic (exact) mass is 386 g/mol. The van der Waals surface area contributed by atoms with Crippen molar-refractivity contribution in [3.8, 4) is 0 Å². The van der Waals surface area contributed by atoms with Gasteiger partial charge in [0.05, 0.1) is 26.0 Å². The molecule has 1 amide bonds. The normalized spacial score (nSPS) is 12.2. The largest absolute Gasteiger partial charge is 0.383 e. The summed E-state index contributed by atoms with van der Waals surface area (Å²) in [5, 5.41) is 0.653. The van der Waals surface area contributed by atoms with Crippen molar-refractivity contribution in [2.24, 2.45) is 4.99 Å². The number of halogens is 2. The molecule has 3 rings (SSSR count). The highest BCUT2D eigenvalue weighted by Gasteiger charge is 2.11. The van der Waals surface area contributed by atoms with Gasteiger partial charge >= 0.3 is 0 Å². The molecule has 0 radical (unpaired) electrons. The molecule has 0 bridgehead atoms. The zero-order chi connectivity index (χ0) is 16.4. The van der Waals surface area contributed by atoms with Crippen LogP contribution in [0.4, 0.5) is 0 Å². The highest BCUT2D eigenvalue weighted by Crippen LogP contribution is 2.23. The highest BCUT2D eigenvalue weighted by molar-refractivity contribution is 7.18. The van der Waals surface area contributed by atoms with E-state index in [4.69, 9.17) is 27.9 Å². The van der Waals surface area contributed by atoms with Gasteiger partial charge in [0.25, 0.3) is 5.91 Å². The molecular weight excluding hydrogens is 375 g/mol. The van der Waals surface area contributed by atoms with E-state index >= 15 is 0 Å². The van der Waals surface area contributed by atoms with Crippen molar-refractivity contribution >= 4 is 62.0 Å². The van der Waals surface area contributed by atoms with Gasteiger partial charge in [-0.25, -0.2) is 0 Å². The topological polar surface area (TPSA) is 43.6 Å². The molecular formula is C15H12Cl2N2O2S2. The summed E-state index contributed by atoms with van der Waals surface area (Å²) >= 11 is 14.6. The smallest absolute Gasteiger partial charge is 0.289 e. The van der Waals surface area contributed by atoms with Gasteiger partial charge in [-0.05, 0) is 30.3 Å². The van der Waals surface area contributed by atoms with Gasteiger partial charge in [-0.15, -0.1) is 11.3 Å². The van der Waals surface area contributed by atoms with Gasteiger partial charge in [-0.1, -0.05) is 34.5 Å². The summed E-state index contributed by atoms with van der Waals surface area (Å²) in [6.07, 6.45) is 0. The lowest BCUT2D eigenvalue weighted by atomic mass is 10.3. The van der Waals surface area contributed by atoms with E-state index in [9.17, 15) is 4.79 Å². The van der Waals surface area contributed by atoms with Crippen LogP contribution in [0.5, 0.6) is 0 Å². The molecule has 0 fully saturated rings. The number of hydrogen-bond acceptors (Lipinski definition) is 4. The van der Waals surface area contributed by atoms with Crippen LogP contribution in [0.3, 0.4) is 0 Å². The quantitative estimate of drug-likeness (QED) is 0.664. The first-order valence-electron chi connectivity index (χ1n) is 6.70. The van der Waals surface area contributed by atoms with Crippen molar-refractivity contribution in [3.05, 3.63) is 49.4 Å². The maximum absolute atomic E-state index is 12.3.